The molecule has 1 amide bonds. The van der Waals surface area contributed by atoms with Crippen LogP contribution in [0.5, 0.6) is 17.2 Å². The summed E-state index contributed by atoms with van der Waals surface area (Å²) in [5.74, 6) is -1.61. The van der Waals surface area contributed by atoms with Gasteiger partial charge in [0.15, 0.2) is 17.2 Å². The van der Waals surface area contributed by atoms with Crippen LogP contribution in [0.15, 0.2) is 30.5 Å². The topological polar surface area (TPSA) is 107 Å². The Balaban J connectivity index is 1.76. The van der Waals surface area contributed by atoms with Crippen molar-refractivity contribution in [1.82, 2.24) is 10.3 Å². The molecule has 1 saturated carbocycles. The van der Waals surface area contributed by atoms with E-state index in [9.17, 15) is 19.1 Å². The number of ether oxygens (including phenoxy) is 3. The minimum Gasteiger partial charge on any atom is -0.503 e. The Hall–Kier alpha value is -3.36. The first kappa shape index (κ1) is 26.2. The third-order valence-corrected chi connectivity index (χ3v) is 6.54. The van der Waals surface area contributed by atoms with Gasteiger partial charge in [0.05, 0.1) is 14.2 Å². The highest BCUT2D eigenvalue weighted by molar-refractivity contribution is 5.97. The Kier molecular flexibility index (Phi) is 8.89. The molecule has 0 bridgehead atoms. The molecule has 9 heteroatoms. The average molecular weight is 489 g/mol. The summed E-state index contributed by atoms with van der Waals surface area (Å²) in [4.78, 5) is 29.4. The molecule has 3 rings (SSSR count). The van der Waals surface area contributed by atoms with Gasteiger partial charge in [-0.3, -0.25) is 4.79 Å². The predicted octanol–water partition coefficient (Wildman–Crippen LogP) is 4.36. The lowest BCUT2D eigenvalue weighted by atomic mass is 9.74. The maximum Gasteiger partial charge on any atom is 0.328 e. The number of esters is 1. The first-order chi connectivity index (χ1) is 16.8. The largest absolute Gasteiger partial charge is 0.503 e. The van der Waals surface area contributed by atoms with Gasteiger partial charge in [-0.2, -0.15) is 0 Å². The van der Waals surface area contributed by atoms with Crippen LogP contribution in [0.3, 0.4) is 0 Å². The summed E-state index contributed by atoms with van der Waals surface area (Å²) in [5.41, 5.74) is 0.538. The predicted molar refractivity (Wildman–Crippen MR) is 127 cm³/mol. The van der Waals surface area contributed by atoms with Crippen LogP contribution in [-0.2, 0) is 9.53 Å². The quantitative estimate of drug-likeness (QED) is 0.505. The zero-order valence-electron chi connectivity index (χ0n) is 20.5. The van der Waals surface area contributed by atoms with Gasteiger partial charge in [0, 0.05) is 29.8 Å². The molecular formula is C26H33FN2O6. The molecule has 0 aliphatic heterocycles. The number of methoxy groups -OCH3 is 2. The molecule has 1 aromatic carbocycles. The van der Waals surface area contributed by atoms with Crippen molar-refractivity contribution < 1.29 is 33.3 Å². The molecule has 1 heterocycles. The highest BCUT2D eigenvalue weighted by Gasteiger charge is 2.35. The Bertz CT molecular complexity index is 1040. The maximum absolute atomic E-state index is 13.9. The number of hydrogen-bond acceptors (Lipinski definition) is 7. The van der Waals surface area contributed by atoms with Crippen molar-refractivity contribution in [3.63, 3.8) is 0 Å². The molecule has 3 atom stereocenters. The number of carbonyl (C=O) groups is 2. The van der Waals surface area contributed by atoms with E-state index in [0.717, 1.165) is 37.7 Å². The third-order valence-electron chi connectivity index (χ3n) is 6.54. The summed E-state index contributed by atoms with van der Waals surface area (Å²) >= 11 is 0. The van der Waals surface area contributed by atoms with Crippen LogP contribution in [0.2, 0.25) is 0 Å². The molecule has 0 saturated heterocycles. The van der Waals surface area contributed by atoms with Crippen LogP contribution >= 0.6 is 0 Å². The Morgan fingerprint density at radius 2 is 1.77 bits per heavy atom. The van der Waals surface area contributed by atoms with Crippen molar-refractivity contribution in [2.75, 3.05) is 14.2 Å². The van der Waals surface area contributed by atoms with Gasteiger partial charge in [-0.1, -0.05) is 25.3 Å². The number of aromatic hydroxyl groups is 1. The number of nitrogens with zero attached hydrogens (tertiary/aromatic N) is 1. The van der Waals surface area contributed by atoms with E-state index in [0.29, 0.717) is 5.75 Å². The van der Waals surface area contributed by atoms with Gasteiger partial charge in [0.25, 0.3) is 5.91 Å². The zero-order valence-corrected chi connectivity index (χ0v) is 20.5. The van der Waals surface area contributed by atoms with Gasteiger partial charge in [-0.15, -0.1) is 0 Å². The molecule has 8 nitrogen and oxygen atoms in total. The van der Waals surface area contributed by atoms with Gasteiger partial charge in [-0.05, 0) is 38.7 Å². The summed E-state index contributed by atoms with van der Waals surface area (Å²) < 4.78 is 30.1. The molecule has 0 spiro atoms. The van der Waals surface area contributed by atoms with E-state index >= 15 is 0 Å². The molecule has 1 aromatic heterocycles. The van der Waals surface area contributed by atoms with Gasteiger partial charge in [0.1, 0.15) is 23.7 Å². The summed E-state index contributed by atoms with van der Waals surface area (Å²) in [6.45, 7) is 3.31. The summed E-state index contributed by atoms with van der Waals surface area (Å²) in [5, 5.41) is 12.7. The Morgan fingerprint density at radius 1 is 1.09 bits per heavy atom. The van der Waals surface area contributed by atoms with Gasteiger partial charge >= 0.3 is 5.97 Å². The van der Waals surface area contributed by atoms with Crippen LogP contribution < -0.4 is 14.8 Å². The molecule has 2 aromatic rings. The molecule has 1 fully saturated rings. The number of nitrogens with one attached hydrogen (secondary N) is 1. The van der Waals surface area contributed by atoms with Gasteiger partial charge in [0.2, 0.25) is 0 Å². The molecule has 2 N–H and O–H groups in total. The number of halogens is 1. The minimum atomic E-state index is -1.00. The number of hydrogen-bond donors (Lipinski definition) is 2. The summed E-state index contributed by atoms with van der Waals surface area (Å²) in [6.07, 6.45) is 6.03. The summed E-state index contributed by atoms with van der Waals surface area (Å²) in [6, 6.07) is 4.84. The van der Waals surface area contributed by atoms with Gasteiger partial charge < -0.3 is 24.6 Å². The lowest BCUT2D eigenvalue weighted by Crippen LogP contribution is -2.42. The van der Waals surface area contributed by atoms with E-state index in [4.69, 9.17) is 14.2 Å². The number of carbonyl (C=O) groups excluding carboxylic acids is 2. The van der Waals surface area contributed by atoms with Gasteiger partial charge in [-0.25, -0.2) is 14.2 Å². The van der Waals surface area contributed by atoms with E-state index in [1.54, 1.807) is 6.07 Å². The molecule has 0 radical (unpaired) electrons. The SMILES string of the molecule is COc1cc(F)ccc1[C@H](C1CCCCC1)[C@H](C)OC(=O)[C@H](C)NC(=O)c1nccc(OC)c1O. The molecule has 1 aliphatic rings. The van der Waals surface area contributed by atoms with Crippen LogP contribution in [0.1, 0.15) is 67.9 Å². The Labute approximate surface area is 204 Å². The van der Waals surface area contributed by atoms with E-state index in [2.05, 4.69) is 10.3 Å². The molecule has 1 aliphatic carbocycles. The lowest BCUT2D eigenvalue weighted by Gasteiger charge is -2.35. The third kappa shape index (κ3) is 6.21. The first-order valence-corrected chi connectivity index (χ1v) is 11.8. The van der Waals surface area contributed by atoms with E-state index in [-0.39, 0.29) is 23.3 Å². The minimum absolute atomic E-state index is 0.0950. The molecule has 190 valence electrons. The second-order valence-corrected chi connectivity index (χ2v) is 8.86. The van der Waals surface area contributed by atoms with Crippen LogP contribution in [0.4, 0.5) is 4.39 Å². The molecule has 0 unspecified atom stereocenters. The van der Waals surface area contributed by atoms with Crippen molar-refractivity contribution in [3.8, 4) is 17.2 Å². The lowest BCUT2D eigenvalue weighted by molar-refractivity contribution is -0.152. The van der Waals surface area contributed by atoms with Crippen molar-refractivity contribution in [2.24, 2.45) is 5.92 Å². The van der Waals surface area contributed by atoms with Crippen molar-refractivity contribution in [3.05, 3.63) is 47.5 Å². The fourth-order valence-electron chi connectivity index (χ4n) is 4.79. The van der Waals surface area contributed by atoms with Crippen LogP contribution in [-0.4, -0.2) is 48.3 Å². The average Bonchev–Trinajstić information content (AvgIpc) is 2.85. The number of aromatic nitrogens is 1. The van der Waals surface area contributed by atoms with Crippen LogP contribution in [0.25, 0.3) is 0 Å². The molecular weight excluding hydrogens is 455 g/mol. The highest BCUT2D eigenvalue weighted by Crippen LogP contribution is 2.42. The smallest absolute Gasteiger partial charge is 0.328 e. The number of amides is 1. The van der Waals surface area contributed by atoms with Crippen molar-refractivity contribution >= 4 is 11.9 Å². The van der Waals surface area contributed by atoms with E-state index < -0.39 is 35.6 Å². The number of pyridine rings is 1. The van der Waals surface area contributed by atoms with E-state index in [1.807, 2.05) is 6.92 Å². The fraction of sp³-hybridized carbons (Fsp3) is 0.500. The number of rotatable bonds is 9. The summed E-state index contributed by atoms with van der Waals surface area (Å²) in [7, 11) is 2.85. The second kappa shape index (κ2) is 11.9. The monoisotopic (exact) mass is 488 g/mol. The van der Waals surface area contributed by atoms with Crippen molar-refractivity contribution in [1.29, 1.82) is 0 Å². The van der Waals surface area contributed by atoms with E-state index in [1.165, 1.54) is 45.5 Å². The highest BCUT2D eigenvalue weighted by atomic mass is 19.1. The normalized spacial score (nSPS) is 16.6. The van der Waals surface area contributed by atoms with Crippen molar-refractivity contribution in [2.45, 2.75) is 64.0 Å². The van der Waals surface area contributed by atoms with Crippen LogP contribution in [0, 0.1) is 11.7 Å². The standard InChI is InChI=1S/C26H33FN2O6/c1-15(29-25(31)23-24(30)20(33-3)12-13-28-23)26(32)35-16(2)22(17-8-6-5-7-9-17)19-11-10-18(27)14-21(19)34-4/h10-17,22,30H,5-9H2,1-4H3,(H,29,31)/t15-,16-,22-/m0/s1. The molecule has 35 heavy (non-hydrogen) atoms. The second-order valence-electron chi connectivity index (χ2n) is 8.86. The zero-order chi connectivity index (χ0) is 25.5. The maximum atomic E-state index is 13.9. The first-order valence-electron chi connectivity index (χ1n) is 11.8. The fourth-order valence-corrected chi connectivity index (χ4v) is 4.79. The Morgan fingerprint density at radius 3 is 2.43 bits per heavy atom. The number of benzene rings is 1.